The van der Waals surface area contributed by atoms with Crippen molar-refractivity contribution >= 4 is 12.1 Å². The summed E-state index contributed by atoms with van der Waals surface area (Å²) in [7, 11) is 0. The minimum Gasteiger partial charge on any atom is -0.481 e. The van der Waals surface area contributed by atoms with Crippen LogP contribution < -0.4 is 5.32 Å². The van der Waals surface area contributed by atoms with E-state index in [4.69, 9.17) is 9.84 Å². The average Bonchev–Trinajstić information content (AvgIpc) is 2.69. The Hall–Kier alpha value is -1.51. The number of halogens is 3. The molecule has 22 heavy (non-hydrogen) atoms. The number of nitrogens with one attached hydrogen (secondary N) is 1. The Labute approximate surface area is 125 Å². The Balaban J connectivity index is 2.80. The number of carboxylic acid groups (broad SMARTS) is 1. The first-order valence-electron chi connectivity index (χ1n) is 6.75. The number of hydrogen-bond acceptors (Lipinski definition) is 4. The Morgan fingerprint density at radius 2 is 1.86 bits per heavy atom. The van der Waals surface area contributed by atoms with Crippen LogP contribution in [0.1, 0.15) is 40.0 Å². The summed E-state index contributed by atoms with van der Waals surface area (Å²) >= 11 is 0. The molecular weight excluding hydrogens is 307 g/mol. The molecule has 1 saturated carbocycles. The Bertz CT molecular complexity index is 446. The second-order valence-electron chi connectivity index (χ2n) is 6.49. The Morgan fingerprint density at radius 1 is 1.32 bits per heavy atom. The van der Waals surface area contributed by atoms with Crippen molar-refractivity contribution in [2.24, 2.45) is 5.41 Å². The van der Waals surface area contributed by atoms with Crippen LogP contribution >= 0.6 is 0 Å². The lowest BCUT2D eigenvalue weighted by atomic mass is 9.79. The van der Waals surface area contributed by atoms with Gasteiger partial charge < -0.3 is 20.3 Å². The van der Waals surface area contributed by atoms with Crippen molar-refractivity contribution in [2.45, 2.75) is 64.0 Å². The third-order valence-electron chi connectivity index (χ3n) is 3.53. The second kappa shape index (κ2) is 5.94. The fourth-order valence-electron chi connectivity index (χ4n) is 2.55. The van der Waals surface area contributed by atoms with Crippen LogP contribution in [0.2, 0.25) is 0 Å². The van der Waals surface area contributed by atoms with Gasteiger partial charge in [-0.1, -0.05) is 0 Å². The van der Waals surface area contributed by atoms with Gasteiger partial charge in [0.05, 0.1) is 0 Å². The molecule has 3 N–H and O–H groups in total. The van der Waals surface area contributed by atoms with Crippen LogP contribution in [-0.2, 0) is 9.53 Å². The van der Waals surface area contributed by atoms with E-state index in [1.165, 1.54) is 0 Å². The summed E-state index contributed by atoms with van der Waals surface area (Å²) in [4.78, 5) is 22.9. The Kier molecular flexibility index (Phi) is 5.01. The standard InChI is InChI=1S/C13H20F3NO5/c1-11(2,3)22-10(21)17-7-4-5-12(6-7,9(19)20)8(18)13(14,15)16/h7-8,18H,4-6H2,1-3H3,(H,17,21)(H,19,20)/t7-,8?,12+/m1/s1. The molecule has 0 bridgehead atoms. The molecule has 0 radical (unpaired) electrons. The van der Waals surface area contributed by atoms with Gasteiger partial charge in [-0.3, -0.25) is 4.79 Å². The number of alkyl carbamates (subject to hydrolysis) is 1. The molecule has 1 aliphatic carbocycles. The minimum absolute atomic E-state index is 0.0126. The lowest BCUT2D eigenvalue weighted by Gasteiger charge is -2.31. The van der Waals surface area contributed by atoms with E-state index in [1.54, 1.807) is 20.8 Å². The third kappa shape index (κ3) is 4.25. The van der Waals surface area contributed by atoms with Gasteiger partial charge in [-0.25, -0.2) is 4.79 Å². The molecule has 3 atom stereocenters. The largest absolute Gasteiger partial charge is 0.481 e. The summed E-state index contributed by atoms with van der Waals surface area (Å²) in [5, 5.41) is 20.9. The van der Waals surface area contributed by atoms with Gasteiger partial charge in [0.25, 0.3) is 0 Å². The van der Waals surface area contributed by atoms with Crippen LogP contribution in [0.3, 0.4) is 0 Å². The van der Waals surface area contributed by atoms with Crippen LogP contribution in [0.25, 0.3) is 0 Å². The van der Waals surface area contributed by atoms with Crippen molar-refractivity contribution in [3.63, 3.8) is 0 Å². The highest BCUT2D eigenvalue weighted by Crippen LogP contribution is 2.46. The number of alkyl halides is 3. The predicted molar refractivity (Wildman–Crippen MR) is 69.1 cm³/mol. The zero-order valence-electron chi connectivity index (χ0n) is 12.5. The summed E-state index contributed by atoms with van der Waals surface area (Å²) < 4.78 is 43.1. The van der Waals surface area contributed by atoms with Crippen molar-refractivity contribution in [1.29, 1.82) is 0 Å². The molecule has 0 spiro atoms. The molecule has 1 fully saturated rings. The molecule has 0 aromatic heterocycles. The van der Waals surface area contributed by atoms with E-state index in [2.05, 4.69) is 5.32 Å². The normalized spacial score (nSPS) is 27.3. The molecule has 0 heterocycles. The van der Waals surface area contributed by atoms with Crippen LogP contribution in [0.15, 0.2) is 0 Å². The molecule has 0 aromatic carbocycles. The van der Waals surface area contributed by atoms with Gasteiger partial charge in [-0.2, -0.15) is 13.2 Å². The molecule has 1 aliphatic rings. The maximum atomic E-state index is 12.7. The number of aliphatic hydroxyl groups is 1. The minimum atomic E-state index is -5.04. The fraction of sp³-hybridized carbons (Fsp3) is 0.846. The van der Waals surface area contributed by atoms with Gasteiger partial charge in [0.2, 0.25) is 0 Å². The molecule has 1 rings (SSSR count). The number of ether oxygens (including phenoxy) is 1. The maximum Gasteiger partial charge on any atom is 0.415 e. The number of carboxylic acids is 1. The smallest absolute Gasteiger partial charge is 0.415 e. The van der Waals surface area contributed by atoms with Gasteiger partial charge >= 0.3 is 18.2 Å². The molecule has 128 valence electrons. The molecule has 1 amide bonds. The zero-order valence-corrected chi connectivity index (χ0v) is 12.5. The number of rotatable bonds is 3. The van der Waals surface area contributed by atoms with Gasteiger partial charge in [0.15, 0.2) is 6.10 Å². The summed E-state index contributed by atoms with van der Waals surface area (Å²) in [5.74, 6) is -1.73. The summed E-state index contributed by atoms with van der Waals surface area (Å²) in [6.07, 6.45) is -9.74. The Morgan fingerprint density at radius 3 is 2.27 bits per heavy atom. The van der Waals surface area contributed by atoms with E-state index in [0.717, 1.165) is 0 Å². The van der Waals surface area contributed by atoms with Gasteiger partial charge in [0.1, 0.15) is 11.0 Å². The lowest BCUT2D eigenvalue weighted by Crippen LogP contribution is -2.50. The molecule has 9 heteroatoms. The van der Waals surface area contributed by atoms with Crippen LogP contribution in [-0.4, -0.2) is 46.2 Å². The van der Waals surface area contributed by atoms with E-state index >= 15 is 0 Å². The quantitative estimate of drug-likeness (QED) is 0.737. The number of amides is 1. The zero-order chi connectivity index (χ0) is 17.3. The van der Waals surface area contributed by atoms with E-state index in [-0.39, 0.29) is 12.8 Å². The number of aliphatic carboxylic acids is 1. The van der Waals surface area contributed by atoms with E-state index in [0.29, 0.717) is 0 Å². The monoisotopic (exact) mass is 327 g/mol. The number of aliphatic hydroxyl groups excluding tert-OH is 1. The molecule has 0 aliphatic heterocycles. The first-order chi connectivity index (χ1) is 9.78. The van der Waals surface area contributed by atoms with Crippen molar-refractivity contribution in [2.75, 3.05) is 0 Å². The SMILES string of the molecule is CC(C)(C)OC(=O)N[C@@H]1CC[C@@](C(=O)O)(C(O)C(F)(F)F)C1. The summed E-state index contributed by atoms with van der Waals surface area (Å²) in [5.41, 5.74) is -3.13. The maximum absolute atomic E-state index is 12.7. The van der Waals surface area contributed by atoms with E-state index in [1.807, 2.05) is 0 Å². The van der Waals surface area contributed by atoms with Gasteiger partial charge in [-0.15, -0.1) is 0 Å². The molecular formula is C13H20F3NO5. The first-order valence-corrected chi connectivity index (χ1v) is 6.75. The van der Waals surface area contributed by atoms with E-state index < -0.39 is 47.8 Å². The number of carbonyl (C=O) groups is 2. The van der Waals surface area contributed by atoms with Crippen LogP contribution in [0, 0.1) is 5.41 Å². The summed E-state index contributed by atoms with van der Waals surface area (Å²) in [6, 6.07) is -0.803. The van der Waals surface area contributed by atoms with Gasteiger partial charge in [0, 0.05) is 6.04 Å². The second-order valence-corrected chi connectivity index (χ2v) is 6.49. The van der Waals surface area contributed by atoms with Crippen LogP contribution in [0.5, 0.6) is 0 Å². The first kappa shape index (κ1) is 18.5. The van der Waals surface area contributed by atoms with E-state index in [9.17, 15) is 27.9 Å². The highest BCUT2D eigenvalue weighted by Gasteiger charge is 2.60. The average molecular weight is 327 g/mol. The molecule has 0 aromatic rings. The van der Waals surface area contributed by atoms with Crippen molar-refractivity contribution in [3.05, 3.63) is 0 Å². The highest BCUT2D eigenvalue weighted by atomic mass is 19.4. The molecule has 1 unspecified atom stereocenters. The molecule has 0 saturated heterocycles. The van der Waals surface area contributed by atoms with Crippen LogP contribution in [0.4, 0.5) is 18.0 Å². The van der Waals surface area contributed by atoms with Gasteiger partial charge in [-0.05, 0) is 40.0 Å². The predicted octanol–water partition coefficient (Wildman–Crippen LogP) is 2.06. The van der Waals surface area contributed by atoms with Crippen molar-refractivity contribution in [3.8, 4) is 0 Å². The van der Waals surface area contributed by atoms with Crippen molar-refractivity contribution in [1.82, 2.24) is 5.32 Å². The number of carbonyl (C=O) groups excluding carboxylic acids is 1. The topological polar surface area (TPSA) is 95.9 Å². The fourth-order valence-corrected chi connectivity index (χ4v) is 2.55. The van der Waals surface area contributed by atoms with Crippen molar-refractivity contribution < 1.29 is 37.7 Å². The number of hydrogen-bond donors (Lipinski definition) is 3. The third-order valence-corrected chi connectivity index (χ3v) is 3.53. The molecule has 6 nitrogen and oxygen atoms in total. The lowest BCUT2D eigenvalue weighted by molar-refractivity contribution is -0.241. The summed E-state index contributed by atoms with van der Waals surface area (Å²) in [6.45, 7) is 4.86. The highest BCUT2D eigenvalue weighted by molar-refractivity contribution is 5.76.